The van der Waals surface area contributed by atoms with E-state index in [4.69, 9.17) is 0 Å². The highest BCUT2D eigenvalue weighted by molar-refractivity contribution is 7.89. The van der Waals surface area contributed by atoms with E-state index in [1.807, 2.05) is 0 Å². The van der Waals surface area contributed by atoms with Gasteiger partial charge >= 0.3 is 0 Å². The fourth-order valence-corrected chi connectivity index (χ4v) is 2.89. The number of piperazine rings is 1. The second-order valence-corrected chi connectivity index (χ2v) is 6.10. The number of sulfonamides is 1. The lowest BCUT2D eigenvalue weighted by atomic mass is 10.3. The van der Waals surface area contributed by atoms with E-state index in [9.17, 15) is 12.8 Å². The summed E-state index contributed by atoms with van der Waals surface area (Å²) in [7, 11) is -3.68. The molecule has 1 aliphatic heterocycles. The zero-order valence-electron chi connectivity index (χ0n) is 10.5. The summed E-state index contributed by atoms with van der Waals surface area (Å²) < 4.78 is 39.1. The predicted octanol–water partition coefficient (Wildman–Crippen LogP) is -0.596. The van der Waals surface area contributed by atoms with Crippen LogP contribution in [0.5, 0.6) is 0 Å². The van der Waals surface area contributed by atoms with Crippen LogP contribution in [0.4, 0.5) is 4.39 Å². The van der Waals surface area contributed by atoms with Gasteiger partial charge in [-0.05, 0) is 6.07 Å². The Morgan fingerprint density at radius 3 is 2.79 bits per heavy atom. The van der Waals surface area contributed by atoms with Crippen molar-refractivity contribution in [2.75, 3.05) is 39.3 Å². The van der Waals surface area contributed by atoms with E-state index >= 15 is 0 Å². The molecule has 2 heterocycles. The summed E-state index contributed by atoms with van der Waals surface area (Å²) in [6.45, 7) is 4.59. The molecular weight excluding hydrogens is 271 g/mol. The van der Waals surface area contributed by atoms with Gasteiger partial charge in [-0.2, -0.15) is 0 Å². The van der Waals surface area contributed by atoms with E-state index in [0.29, 0.717) is 13.1 Å². The third kappa shape index (κ3) is 4.20. The lowest BCUT2D eigenvalue weighted by Gasteiger charge is -2.27. The molecule has 106 valence electrons. The van der Waals surface area contributed by atoms with Gasteiger partial charge in [0.05, 0.1) is 6.20 Å². The average Bonchev–Trinajstić information content (AvgIpc) is 2.40. The van der Waals surface area contributed by atoms with Crippen LogP contribution in [0.25, 0.3) is 0 Å². The summed E-state index contributed by atoms with van der Waals surface area (Å²) in [6.07, 6.45) is 2.11. The first-order valence-corrected chi connectivity index (χ1v) is 7.59. The highest BCUT2D eigenvalue weighted by Gasteiger charge is 2.16. The average molecular weight is 288 g/mol. The Balaban J connectivity index is 1.87. The van der Waals surface area contributed by atoms with Crippen LogP contribution in [-0.2, 0) is 10.0 Å². The largest absolute Gasteiger partial charge is 0.314 e. The number of rotatable bonds is 5. The molecule has 0 aromatic carbocycles. The van der Waals surface area contributed by atoms with Crippen LogP contribution in [0.1, 0.15) is 0 Å². The van der Waals surface area contributed by atoms with Crippen molar-refractivity contribution in [3.8, 4) is 0 Å². The summed E-state index contributed by atoms with van der Waals surface area (Å²) in [4.78, 5) is 5.56. The van der Waals surface area contributed by atoms with Crippen molar-refractivity contribution in [1.29, 1.82) is 0 Å². The molecule has 6 nitrogen and oxygen atoms in total. The summed E-state index contributed by atoms with van der Waals surface area (Å²) in [6, 6.07) is 0.958. The summed E-state index contributed by atoms with van der Waals surface area (Å²) in [5.41, 5.74) is 0. The minimum absolute atomic E-state index is 0.146. The quantitative estimate of drug-likeness (QED) is 0.757. The zero-order chi connectivity index (χ0) is 13.7. The molecule has 0 aliphatic carbocycles. The van der Waals surface area contributed by atoms with E-state index < -0.39 is 15.8 Å². The van der Waals surface area contributed by atoms with Crippen LogP contribution in [0.15, 0.2) is 23.4 Å². The topological polar surface area (TPSA) is 74.3 Å². The van der Waals surface area contributed by atoms with E-state index in [2.05, 4.69) is 19.9 Å². The Morgan fingerprint density at radius 1 is 1.37 bits per heavy atom. The number of nitrogens with zero attached hydrogens (tertiary/aromatic N) is 2. The lowest BCUT2D eigenvalue weighted by molar-refractivity contribution is 0.245. The molecular formula is C11H17FN4O2S. The van der Waals surface area contributed by atoms with Crippen LogP contribution in [0.2, 0.25) is 0 Å². The molecule has 0 bridgehead atoms. The molecule has 0 spiro atoms. The van der Waals surface area contributed by atoms with Crippen LogP contribution in [0.3, 0.4) is 0 Å². The number of hydrogen-bond acceptors (Lipinski definition) is 5. The smallest absolute Gasteiger partial charge is 0.242 e. The third-order valence-electron chi connectivity index (χ3n) is 2.92. The molecule has 19 heavy (non-hydrogen) atoms. The van der Waals surface area contributed by atoms with E-state index in [1.54, 1.807) is 0 Å². The van der Waals surface area contributed by atoms with Gasteiger partial charge in [0.25, 0.3) is 0 Å². The monoisotopic (exact) mass is 288 g/mol. The maximum absolute atomic E-state index is 12.9. The second kappa shape index (κ2) is 6.38. The Bertz CT molecular complexity index is 517. The molecule has 0 radical (unpaired) electrons. The molecule has 1 fully saturated rings. The highest BCUT2D eigenvalue weighted by atomic mass is 32.2. The van der Waals surface area contributed by atoms with Crippen molar-refractivity contribution in [3.63, 3.8) is 0 Å². The molecule has 2 rings (SSSR count). The maximum atomic E-state index is 12.9. The van der Waals surface area contributed by atoms with Gasteiger partial charge < -0.3 is 5.32 Å². The van der Waals surface area contributed by atoms with Gasteiger partial charge in [0.2, 0.25) is 10.0 Å². The first-order valence-electron chi connectivity index (χ1n) is 6.11. The van der Waals surface area contributed by atoms with Crippen LogP contribution in [-0.4, -0.2) is 57.6 Å². The molecule has 1 aliphatic rings. The Labute approximate surface area is 112 Å². The second-order valence-electron chi connectivity index (χ2n) is 4.33. The number of nitrogens with one attached hydrogen (secondary N) is 2. The van der Waals surface area contributed by atoms with Gasteiger partial charge in [-0.3, -0.25) is 9.88 Å². The van der Waals surface area contributed by atoms with Crippen LogP contribution < -0.4 is 10.0 Å². The van der Waals surface area contributed by atoms with Crippen molar-refractivity contribution in [2.24, 2.45) is 0 Å². The standard InChI is InChI=1S/C11H17FN4O2S/c12-10-7-11(9-14-8-10)19(17,18)15-3-6-16-4-1-13-2-5-16/h7-9,13,15H,1-6H2. The SMILES string of the molecule is O=S(=O)(NCCN1CCNCC1)c1cncc(F)c1. The minimum Gasteiger partial charge on any atom is -0.314 e. The van der Waals surface area contributed by atoms with E-state index in [1.165, 1.54) is 0 Å². The Hall–Kier alpha value is -1.09. The van der Waals surface area contributed by atoms with E-state index in [0.717, 1.165) is 44.6 Å². The summed E-state index contributed by atoms with van der Waals surface area (Å²) in [5.74, 6) is -0.662. The fraction of sp³-hybridized carbons (Fsp3) is 0.545. The van der Waals surface area contributed by atoms with Gasteiger partial charge in [0, 0.05) is 45.5 Å². The van der Waals surface area contributed by atoms with Crippen molar-refractivity contribution in [3.05, 3.63) is 24.3 Å². The molecule has 0 saturated carbocycles. The summed E-state index contributed by atoms with van der Waals surface area (Å²) in [5, 5.41) is 3.22. The van der Waals surface area contributed by atoms with Gasteiger partial charge in [-0.15, -0.1) is 0 Å². The molecule has 0 unspecified atom stereocenters. The minimum atomic E-state index is -3.68. The first kappa shape index (κ1) is 14.3. The Kier molecular flexibility index (Phi) is 4.81. The van der Waals surface area contributed by atoms with Gasteiger partial charge in [-0.25, -0.2) is 17.5 Å². The van der Waals surface area contributed by atoms with Crippen molar-refractivity contribution in [2.45, 2.75) is 4.90 Å². The van der Waals surface area contributed by atoms with Crippen molar-refractivity contribution < 1.29 is 12.8 Å². The molecule has 0 amide bonds. The Morgan fingerprint density at radius 2 is 2.11 bits per heavy atom. The number of halogens is 1. The summed E-state index contributed by atoms with van der Waals surface area (Å²) >= 11 is 0. The third-order valence-corrected chi connectivity index (χ3v) is 4.35. The van der Waals surface area contributed by atoms with Gasteiger partial charge in [0.15, 0.2) is 0 Å². The van der Waals surface area contributed by atoms with Gasteiger partial charge in [0.1, 0.15) is 10.7 Å². The molecule has 1 aromatic rings. The number of aromatic nitrogens is 1. The van der Waals surface area contributed by atoms with Crippen molar-refractivity contribution in [1.82, 2.24) is 19.9 Å². The molecule has 0 atom stereocenters. The van der Waals surface area contributed by atoms with Crippen LogP contribution >= 0.6 is 0 Å². The normalized spacial score (nSPS) is 17.5. The lowest BCUT2D eigenvalue weighted by Crippen LogP contribution is -2.46. The molecule has 1 saturated heterocycles. The maximum Gasteiger partial charge on any atom is 0.242 e. The van der Waals surface area contributed by atoms with Crippen molar-refractivity contribution >= 4 is 10.0 Å². The zero-order valence-corrected chi connectivity index (χ0v) is 11.3. The van der Waals surface area contributed by atoms with E-state index in [-0.39, 0.29) is 4.90 Å². The number of pyridine rings is 1. The fourth-order valence-electron chi connectivity index (χ4n) is 1.90. The van der Waals surface area contributed by atoms with Crippen LogP contribution in [0, 0.1) is 5.82 Å². The van der Waals surface area contributed by atoms with Gasteiger partial charge in [-0.1, -0.05) is 0 Å². The molecule has 8 heteroatoms. The molecule has 1 aromatic heterocycles. The number of hydrogen-bond donors (Lipinski definition) is 2. The highest BCUT2D eigenvalue weighted by Crippen LogP contribution is 2.07. The predicted molar refractivity (Wildman–Crippen MR) is 68.7 cm³/mol. The molecule has 2 N–H and O–H groups in total. The first-order chi connectivity index (χ1) is 9.08.